The van der Waals surface area contributed by atoms with Crippen LogP contribution in [-0.4, -0.2) is 17.4 Å². The van der Waals surface area contributed by atoms with Gasteiger partial charge in [0.2, 0.25) is 0 Å². The first-order valence-electron chi connectivity index (χ1n) is 1.75. The molecule has 1 rings (SSSR count). The number of ether oxygens (including phenoxy) is 1. The summed E-state index contributed by atoms with van der Waals surface area (Å²) in [5, 5.41) is 2.95. The van der Waals surface area contributed by atoms with Gasteiger partial charge in [0.25, 0.3) is 0 Å². The first kappa shape index (κ1) is 4.61. The molecule has 1 heterocycles. The maximum absolute atomic E-state index is 4.89. The van der Waals surface area contributed by atoms with Gasteiger partial charge in [0.05, 0.1) is 0 Å². The Morgan fingerprint density at radius 1 is 1.83 bits per heavy atom. The summed E-state index contributed by atoms with van der Waals surface area (Å²) in [4.78, 5) is 0. The van der Waals surface area contributed by atoms with E-state index < -0.39 is 0 Å². The second-order valence-electron chi connectivity index (χ2n) is 1.02. The Labute approximate surface area is 46.8 Å². The summed E-state index contributed by atoms with van der Waals surface area (Å²) in [6.45, 7) is 1.74. The zero-order valence-corrected chi connectivity index (χ0v) is 4.69. The molecule has 6 heavy (non-hydrogen) atoms. The summed E-state index contributed by atoms with van der Waals surface area (Å²) in [6, 6.07) is 0. The van der Waals surface area contributed by atoms with Crippen LogP contribution in [0.25, 0.3) is 0 Å². The van der Waals surface area contributed by atoms with Crippen LogP contribution in [0.15, 0.2) is 0 Å². The Hall–Kier alpha value is 0.452. The summed E-state index contributed by atoms with van der Waals surface area (Å²) in [7, 11) is 0. The molecular formula is C3H5NOPd. The van der Waals surface area contributed by atoms with Crippen molar-refractivity contribution in [3.05, 3.63) is 0 Å². The summed E-state index contributed by atoms with van der Waals surface area (Å²) in [5.74, 6) is 0. The third-order valence-electron chi connectivity index (χ3n) is 0.575. The van der Waals surface area contributed by atoms with Crippen LogP contribution < -0.4 is 5.32 Å². The third-order valence-corrected chi connectivity index (χ3v) is 1.07. The van der Waals surface area contributed by atoms with Gasteiger partial charge in [0.15, 0.2) is 0 Å². The van der Waals surface area contributed by atoms with Crippen molar-refractivity contribution in [2.75, 3.05) is 13.2 Å². The van der Waals surface area contributed by atoms with Gasteiger partial charge in [0, 0.05) is 0 Å². The Balaban J connectivity index is 2.37. The second kappa shape index (κ2) is 1.95. The van der Waals surface area contributed by atoms with E-state index in [1.54, 1.807) is 0 Å². The van der Waals surface area contributed by atoms with E-state index in [-0.39, 0.29) is 0 Å². The molecule has 0 bridgehead atoms. The van der Waals surface area contributed by atoms with E-state index in [1.807, 2.05) is 0 Å². The van der Waals surface area contributed by atoms with E-state index in [9.17, 15) is 0 Å². The predicted octanol–water partition coefficient (Wildman–Crippen LogP) is -0.760. The van der Waals surface area contributed by atoms with Crippen molar-refractivity contribution in [2.45, 2.75) is 0 Å². The molecule has 1 N–H and O–H groups in total. The van der Waals surface area contributed by atoms with Crippen molar-refractivity contribution in [1.29, 1.82) is 0 Å². The molecule has 1 saturated heterocycles. The molecule has 0 unspecified atom stereocenters. The van der Waals surface area contributed by atoms with Crippen molar-refractivity contribution < 1.29 is 23.5 Å². The molecule has 1 aliphatic rings. The summed E-state index contributed by atoms with van der Waals surface area (Å²) < 4.78 is 5.70. The Bertz CT molecular complexity index is 65.2. The van der Waals surface area contributed by atoms with Crippen LogP contribution in [-0.2, 0) is 23.5 Å². The van der Waals surface area contributed by atoms with Crippen LogP contribution >= 0.6 is 0 Å². The molecule has 0 amide bonds. The molecule has 0 saturated carbocycles. The molecule has 38 valence electrons. The zero-order valence-electron chi connectivity index (χ0n) is 3.14. The number of hydrogen-bond acceptors (Lipinski definition) is 2. The van der Waals surface area contributed by atoms with Crippen molar-refractivity contribution in [2.24, 2.45) is 0 Å². The average molecular weight is 177 g/mol. The van der Waals surface area contributed by atoms with E-state index in [0.29, 0.717) is 0 Å². The van der Waals surface area contributed by atoms with Gasteiger partial charge < -0.3 is 0 Å². The third kappa shape index (κ3) is 0.955. The maximum atomic E-state index is 4.89. The number of hydrogen-bond donors (Lipinski definition) is 1. The second-order valence-corrected chi connectivity index (χ2v) is 1.73. The Morgan fingerprint density at radius 3 is 2.83 bits per heavy atom. The van der Waals surface area contributed by atoms with E-state index in [0.717, 1.165) is 17.4 Å². The van der Waals surface area contributed by atoms with E-state index in [4.69, 9.17) is 4.74 Å². The Morgan fingerprint density at radius 2 is 2.67 bits per heavy atom. The SMILES string of the molecule is [Pd]=[C]1NCCO1. The minimum absolute atomic E-state index is 0.802. The molecule has 0 aromatic rings. The normalized spacial score (nSPS) is 22.7. The monoisotopic (exact) mass is 177 g/mol. The van der Waals surface area contributed by atoms with Gasteiger partial charge in [-0.2, -0.15) is 0 Å². The average Bonchev–Trinajstić information content (AvgIpc) is 1.86. The predicted molar refractivity (Wildman–Crippen MR) is 19.0 cm³/mol. The number of rotatable bonds is 0. The standard InChI is InChI=1S/C3H5NO.Pd/c1-2-5-3-4-1;/h4H,1-2H2;. The van der Waals surface area contributed by atoms with E-state index in [1.165, 1.54) is 0 Å². The van der Waals surface area contributed by atoms with Crippen LogP contribution in [0, 0.1) is 0 Å². The first-order valence-corrected chi connectivity index (χ1v) is 2.53. The van der Waals surface area contributed by atoms with Gasteiger partial charge in [-0.1, -0.05) is 0 Å². The quantitative estimate of drug-likeness (QED) is 0.491. The van der Waals surface area contributed by atoms with Crippen molar-refractivity contribution >= 4 is 4.29 Å². The molecule has 0 aromatic heterocycles. The van der Waals surface area contributed by atoms with Crippen molar-refractivity contribution in [3.63, 3.8) is 0 Å². The summed E-state index contributed by atoms with van der Waals surface area (Å²) in [6.07, 6.45) is 0. The summed E-state index contributed by atoms with van der Waals surface area (Å²) >= 11 is 2.88. The Kier molecular flexibility index (Phi) is 1.49. The molecular weight excluding hydrogens is 172 g/mol. The molecule has 1 aliphatic heterocycles. The molecule has 0 aliphatic carbocycles. The van der Waals surface area contributed by atoms with Crippen LogP contribution in [0.2, 0.25) is 0 Å². The van der Waals surface area contributed by atoms with Gasteiger partial charge in [0.1, 0.15) is 0 Å². The fraction of sp³-hybridized carbons (Fsp3) is 0.667. The topological polar surface area (TPSA) is 21.3 Å². The van der Waals surface area contributed by atoms with E-state index in [2.05, 4.69) is 24.1 Å². The van der Waals surface area contributed by atoms with Gasteiger partial charge in [-0.15, -0.1) is 0 Å². The zero-order chi connectivity index (χ0) is 4.41. The molecule has 2 nitrogen and oxygen atoms in total. The van der Waals surface area contributed by atoms with Crippen LogP contribution in [0.1, 0.15) is 0 Å². The van der Waals surface area contributed by atoms with Crippen LogP contribution in [0.4, 0.5) is 0 Å². The number of nitrogens with one attached hydrogen (secondary N) is 1. The van der Waals surface area contributed by atoms with E-state index >= 15 is 0 Å². The van der Waals surface area contributed by atoms with Gasteiger partial charge >= 0.3 is 46.2 Å². The molecule has 3 heteroatoms. The van der Waals surface area contributed by atoms with Crippen molar-refractivity contribution in [1.82, 2.24) is 5.32 Å². The van der Waals surface area contributed by atoms with Gasteiger partial charge in [-0.25, -0.2) is 0 Å². The molecule has 0 radical (unpaired) electrons. The van der Waals surface area contributed by atoms with Crippen molar-refractivity contribution in [3.8, 4) is 0 Å². The van der Waals surface area contributed by atoms with Crippen LogP contribution in [0.3, 0.4) is 0 Å². The van der Waals surface area contributed by atoms with Gasteiger partial charge in [-0.05, 0) is 0 Å². The van der Waals surface area contributed by atoms with Crippen LogP contribution in [0.5, 0.6) is 0 Å². The summed E-state index contributed by atoms with van der Waals surface area (Å²) in [5.41, 5.74) is 0. The molecule has 0 aromatic carbocycles. The first-order chi connectivity index (χ1) is 2.89. The fourth-order valence-electron chi connectivity index (χ4n) is 0.327. The minimum atomic E-state index is 0.802. The van der Waals surface area contributed by atoms with Gasteiger partial charge in [-0.3, -0.25) is 0 Å². The molecule has 0 spiro atoms. The molecule has 1 fully saturated rings. The molecule has 0 atom stereocenters. The fourth-order valence-corrected chi connectivity index (χ4v) is 0.680.